The van der Waals surface area contributed by atoms with Crippen molar-refractivity contribution in [3.63, 3.8) is 0 Å². The molecule has 17 heavy (non-hydrogen) atoms. The van der Waals surface area contributed by atoms with Crippen LogP contribution in [0.1, 0.15) is 51.9 Å². The van der Waals surface area contributed by atoms with Crippen molar-refractivity contribution >= 4 is 0 Å². The largest absolute Gasteiger partial charge is 0.381 e. The predicted molar refractivity (Wildman–Crippen MR) is 71.0 cm³/mol. The van der Waals surface area contributed by atoms with Crippen molar-refractivity contribution in [1.82, 2.24) is 5.32 Å². The fraction of sp³-hybridized carbons (Fsp3) is 1.00. The van der Waals surface area contributed by atoms with Crippen LogP contribution in [-0.4, -0.2) is 31.8 Å². The SMILES string of the molecule is CCC1(CNCC2(N)CCOCC2)CCCC1. The zero-order valence-corrected chi connectivity index (χ0v) is 11.3. The lowest BCUT2D eigenvalue weighted by atomic mass is 9.83. The maximum atomic E-state index is 6.39. The van der Waals surface area contributed by atoms with Crippen LogP contribution in [0.15, 0.2) is 0 Å². The summed E-state index contributed by atoms with van der Waals surface area (Å²) in [4.78, 5) is 0. The third-order valence-electron chi connectivity index (χ3n) is 4.88. The van der Waals surface area contributed by atoms with E-state index < -0.39 is 0 Å². The first-order valence-electron chi connectivity index (χ1n) is 7.26. The van der Waals surface area contributed by atoms with Crippen molar-refractivity contribution in [3.8, 4) is 0 Å². The van der Waals surface area contributed by atoms with Crippen LogP contribution in [0.5, 0.6) is 0 Å². The van der Waals surface area contributed by atoms with Gasteiger partial charge in [0.25, 0.3) is 0 Å². The van der Waals surface area contributed by atoms with E-state index in [2.05, 4.69) is 12.2 Å². The van der Waals surface area contributed by atoms with Crippen LogP contribution < -0.4 is 11.1 Å². The first kappa shape index (κ1) is 13.3. The van der Waals surface area contributed by atoms with Crippen LogP contribution in [-0.2, 0) is 4.74 Å². The van der Waals surface area contributed by atoms with Crippen LogP contribution >= 0.6 is 0 Å². The van der Waals surface area contributed by atoms with Gasteiger partial charge in [0.1, 0.15) is 0 Å². The van der Waals surface area contributed by atoms with Gasteiger partial charge in [0, 0.05) is 31.8 Å². The molecule has 0 aromatic rings. The molecule has 2 rings (SSSR count). The van der Waals surface area contributed by atoms with Crippen LogP contribution in [0.25, 0.3) is 0 Å². The Labute approximate surface area is 105 Å². The molecule has 0 aromatic carbocycles. The lowest BCUT2D eigenvalue weighted by Crippen LogP contribution is -2.53. The van der Waals surface area contributed by atoms with E-state index in [1.54, 1.807) is 0 Å². The van der Waals surface area contributed by atoms with Gasteiger partial charge in [0.15, 0.2) is 0 Å². The Morgan fingerprint density at radius 3 is 2.29 bits per heavy atom. The number of hydrogen-bond acceptors (Lipinski definition) is 3. The van der Waals surface area contributed by atoms with Crippen molar-refractivity contribution in [1.29, 1.82) is 0 Å². The Hall–Kier alpha value is -0.120. The summed E-state index contributed by atoms with van der Waals surface area (Å²) in [5.74, 6) is 0. The standard InChI is InChI=1S/C14H28N2O/c1-2-13(5-3-4-6-13)11-16-12-14(15)7-9-17-10-8-14/h16H,2-12,15H2,1H3. The van der Waals surface area contributed by atoms with E-state index in [0.717, 1.165) is 39.1 Å². The molecule has 2 aliphatic rings. The number of rotatable bonds is 5. The summed E-state index contributed by atoms with van der Waals surface area (Å²) in [6.07, 6.45) is 8.93. The Morgan fingerprint density at radius 1 is 1.06 bits per heavy atom. The highest BCUT2D eigenvalue weighted by atomic mass is 16.5. The molecule has 1 saturated carbocycles. The van der Waals surface area contributed by atoms with E-state index >= 15 is 0 Å². The van der Waals surface area contributed by atoms with Gasteiger partial charge in [-0.2, -0.15) is 0 Å². The van der Waals surface area contributed by atoms with Gasteiger partial charge >= 0.3 is 0 Å². The van der Waals surface area contributed by atoms with Crippen LogP contribution in [0.2, 0.25) is 0 Å². The van der Waals surface area contributed by atoms with Crippen molar-refractivity contribution < 1.29 is 4.74 Å². The van der Waals surface area contributed by atoms with Crippen molar-refractivity contribution in [2.24, 2.45) is 11.1 Å². The molecule has 1 saturated heterocycles. The Balaban J connectivity index is 1.74. The van der Waals surface area contributed by atoms with Gasteiger partial charge in [-0.15, -0.1) is 0 Å². The van der Waals surface area contributed by atoms with Crippen LogP contribution in [0, 0.1) is 5.41 Å². The zero-order valence-electron chi connectivity index (χ0n) is 11.3. The quantitative estimate of drug-likeness (QED) is 0.773. The molecule has 1 aliphatic carbocycles. The first-order valence-corrected chi connectivity index (χ1v) is 7.26. The molecule has 3 heteroatoms. The van der Waals surface area contributed by atoms with Gasteiger partial charge in [-0.1, -0.05) is 19.8 Å². The molecule has 2 fully saturated rings. The molecule has 0 atom stereocenters. The van der Waals surface area contributed by atoms with E-state index in [0.29, 0.717) is 5.41 Å². The van der Waals surface area contributed by atoms with E-state index in [4.69, 9.17) is 10.5 Å². The summed E-state index contributed by atoms with van der Waals surface area (Å²) in [5.41, 5.74) is 6.93. The molecule has 1 aliphatic heterocycles. The second-order valence-corrected chi connectivity index (χ2v) is 6.14. The minimum absolute atomic E-state index is 0.0220. The van der Waals surface area contributed by atoms with Crippen molar-refractivity contribution in [3.05, 3.63) is 0 Å². The van der Waals surface area contributed by atoms with Crippen LogP contribution in [0.3, 0.4) is 0 Å². The molecular formula is C14H28N2O. The number of nitrogens with one attached hydrogen (secondary N) is 1. The molecule has 0 amide bonds. The van der Waals surface area contributed by atoms with Gasteiger partial charge in [-0.25, -0.2) is 0 Å². The van der Waals surface area contributed by atoms with Crippen LogP contribution in [0.4, 0.5) is 0 Å². The van der Waals surface area contributed by atoms with E-state index in [1.807, 2.05) is 0 Å². The second-order valence-electron chi connectivity index (χ2n) is 6.14. The van der Waals surface area contributed by atoms with Crippen molar-refractivity contribution in [2.45, 2.75) is 57.4 Å². The van der Waals surface area contributed by atoms with Gasteiger partial charge < -0.3 is 15.8 Å². The third-order valence-corrected chi connectivity index (χ3v) is 4.88. The Kier molecular flexibility index (Phi) is 4.45. The maximum Gasteiger partial charge on any atom is 0.0484 e. The molecule has 1 heterocycles. The second kappa shape index (κ2) is 5.68. The fourth-order valence-corrected chi connectivity index (χ4v) is 3.31. The summed E-state index contributed by atoms with van der Waals surface area (Å²) >= 11 is 0. The summed E-state index contributed by atoms with van der Waals surface area (Å²) in [6, 6.07) is 0. The topological polar surface area (TPSA) is 47.3 Å². The first-order chi connectivity index (χ1) is 8.18. The minimum atomic E-state index is -0.0220. The van der Waals surface area contributed by atoms with E-state index in [9.17, 15) is 0 Å². The number of ether oxygens (including phenoxy) is 1. The summed E-state index contributed by atoms with van der Waals surface area (Å²) < 4.78 is 5.38. The zero-order chi connectivity index (χ0) is 12.2. The average molecular weight is 240 g/mol. The van der Waals surface area contributed by atoms with E-state index in [-0.39, 0.29) is 5.54 Å². The highest BCUT2D eigenvalue weighted by molar-refractivity contribution is 4.91. The van der Waals surface area contributed by atoms with Gasteiger partial charge in [0.2, 0.25) is 0 Å². The van der Waals surface area contributed by atoms with Gasteiger partial charge in [0.05, 0.1) is 0 Å². The normalized spacial score (nSPS) is 27.2. The lowest BCUT2D eigenvalue weighted by molar-refractivity contribution is 0.0520. The highest BCUT2D eigenvalue weighted by Crippen LogP contribution is 2.40. The average Bonchev–Trinajstić information content (AvgIpc) is 2.79. The molecule has 0 radical (unpaired) electrons. The Morgan fingerprint density at radius 2 is 1.71 bits per heavy atom. The molecule has 3 N–H and O–H groups in total. The molecule has 0 bridgehead atoms. The summed E-state index contributed by atoms with van der Waals surface area (Å²) in [6.45, 7) is 6.11. The molecule has 0 spiro atoms. The summed E-state index contributed by atoms with van der Waals surface area (Å²) in [5, 5.41) is 3.65. The molecule has 0 aromatic heterocycles. The lowest BCUT2D eigenvalue weighted by Gasteiger charge is -2.35. The third kappa shape index (κ3) is 3.43. The predicted octanol–water partition coefficient (Wildman–Crippen LogP) is 2.05. The summed E-state index contributed by atoms with van der Waals surface area (Å²) in [7, 11) is 0. The highest BCUT2D eigenvalue weighted by Gasteiger charge is 2.33. The number of nitrogens with two attached hydrogens (primary N) is 1. The minimum Gasteiger partial charge on any atom is -0.381 e. The smallest absolute Gasteiger partial charge is 0.0484 e. The molecule has 0 unspecified atom stereocenters. The van der Waals surface area contributed by atoms with Gasteiger partial charge in [-0.3, -0.25) is 0 Å². The number of hydrogen-bond donors (Lipinski definition) is 2. The molecule has 100 valence electrons. The van der Waals surface area contributed by atoms with Gasteiger partial charge in [-0.05, 0) is 37.5 Å². The van der Waals surface area contributed by atoms with Crippen molar-refractivity contribution in [2.75, 3.05) is 26.3 Å². The monoisotopic (exact) mass is 240 g/mol. The fourth-order valence-electron chi connectivity index (χ4n) is 3.31. The molecular weight excluding hydrogens is 212 g/mol. The Bertz CT molecular complexity index is 230. The maximum absolute atomic E-state index is 6.39. The molecule has 3 nitrogen and oxygen atoms in total. The van der Waals surface area contributed by atoms with E-state index in [1.165, 1.54) is 32.1 Å².